The summed E-state index contributed by atoms with van der Waals surface area (Å²) in [7, 11) is 0. The molecule has 0 aliphatic heterocycles. The molecule has 35 heavy (non-hydrogen) atoms. The standard InChI is InChI=1S/C25H26F8O2/c1-2-3-4-5-15-6-8-16(9-7-15)17-12-20(27)23(21(28)13-17)24(29,30)34-18-10-11-22(19(26)14-18)35-25(31,32)33/h10-16H,2-9H2,1H3. The second kappa shape index (κ2) is 11.0. The van der Waals surface area contributed by atoms with Crippen molar-refractivity contribution in [3.8, 4) is 11.5 Å². The summed E-state index contributed by atoms with van der Waals surface area (Å²) in [5.74, 6) is -6.49. The molecule has 194 valence electrons. The van der Waals surface area contributed by atoms with E-state index in [1.54, 1.807) is 0 Å². The van der Waals surface area contributed by atoms with Crippen LogP contribution in [0.1, 0.15) is 75.3 Å². The van der Waals surface area contributed by atoms with Crippen LogP contribution in [0.4, 0.5) is 35.1 Å². The number of hydrogen-bond acceptors (Lipinski definition) is 2. The summed E-state index contributed by atoms with van der Waals surface area (Å²) in [6, 6.07) is 2.92. The Hall–Kier alpha value is -2.52. The fourth-order valence-corrected chi connectivity index (χ4v) is 4.53. The second-order valence-corrected chi connectivity index (χ2v) is 8.83. The van der Waals surface area contributed by atoms with E-state index in [1.165, 1.54) is 0 Å². The lowest BCUT2D eigenvalue weighted by Gasteiger charge is -2.29. The van der Waals surface area contributed by atoms with E-state index >= 15 is 0 Å². The summed E-state index contributed by atoms with van der Waals surface area (Å²) in [6.45, 7) is 2.12. The highest BCUT2D eigenvalue weighted by Gasteiger charge is 2.42. The third kappa shape index (κ3) is 7.24. The fraction of sp³-hybridized carbons (Fsp3) is 0.520. The average Bonchev–Trinajstić information content (AvgIpc) is 2.74. The maximum Gasteiger partial charge on any atom is 0.573 e. The van der Waals surface area contributed by atoms with Crippen molar-refractivity contribution in [3.05, 3.63) is 58.9 Å². The van der Waals surface area contributed by atoms with E-state index in [0.29, 0.717) is 30.9 Å². The molecule has 0 heterocycles. The molecule has 1 aliphatic rings. The monoisotopic (exact) mass is 510 g/mol. The summed E-state index contributed by atoms with van der Waals surface area (Å²) in [6.07, 6.45) is -2.01. The molecule has 0 unspecified atom stereocenters. The van der Waals surface area contributed by atoms with Crippen molar-refractivity contribution in [2.45, 2.75) is 76.7 Å². The van der Waals surface area contributed by atoms with Gasteiger partial charge in [-0.25, -0.2) is 13.2 Å². The molecule has 0 bridgehead atoms. The quantitative estimate of drug-likeness (QED) is 0.248. The molecule has 0 radical (unpaired) electrons. The van der Waals surface area contributed by atoms with Gasteiger partial charge in [-0.3, -0.25) is 0 Å². The highest BCUT2D eigenvalue weighted by atomic mass is 19.4. The molecular weight excluding hydrogens is 484 g/mol. The first-order valence-corrected chi connectivity index (χ1v) is 11.5. The van der Waals surface area contributed by atoms with E-state index in [-0.39, 0.29) is 17.5 Å². The molecule has 3 rings (SSSR count). The Labute approximate surface area is 198 Å². The van der Waals surface area contributed by atoms with Gasteiger partial charge < -0.3 is 9.47 Å². The summed E-state index contributed by atoms with van der Waals surface area (Å²) in [5.41, 5.74) is -1.38. The van der Waals surface area contributed by atoms with Crippen molar-refractivity contribution in [1.29, 1.82) is 0 Å². The predicted octanol–water partition coefficient (Wildman–Crippen LogP) is 8.98. The van der Waals surface area contributed by atoms with Gasteiger partial charge in [0.25, 0.3) is 0 Å². The number of halogens is 8. The molecule has 2 aromatic carbocycles. The van der Waals surface area contributed by atoms with Gasteiger partial charge in [-0.2, -0.15) is 8.78 Å². The molecule has 0 spiro atoms. The highest BCUT2D eigenvalue weighted by molar-refractivity contribution is 5.35. The van der Waals surface area contributed by atoms with Gasteiger partial charge in [0.2, 0.25) is 0 Å². The second-order valence-electron chi connectivity index (χ2n) is 8.83. The van der Waals surface area contributed by atoms with Gasteiger partial charge in [-0.1, -0.05) is 32.6 Å². The van der Waals surface area contributed by atoms with Crippen molar-refractivity contribution < 1.29 is 44.6 Å². The predicted molar refractivity (Wildman–Crippen MR) is 113 cm³/mol. The Bertz CT molecular complexity index is 974. The van der Waals surface area contributed by atoms with Crippen LogP contribution in [0.2, 0.25) is 0 Å². The minimum Gasteiger partial charge on any atom is -0.429 e. The van der Waals surface area contributed by atoms with Gasteiger partial charge in [0.15, 0.2) is 11.6 Å². The molecule has 2 aromatic rings. The summed E-state index contributed by atoms with van der Waals surface area (Å²) in [5, 5.41) is 0. The van der Waals surface area contributed by atoms with Gasteiger partial charge in [0.05, 0.1) is 0 Å². The maximum absolute atomic E-state index is 14.7. The summed E-state index contributed by atoms with van der Waals surface area (Å²) in [4.78, 5) is 0. The van der Waals surface area contributed by atoms with Gasteiger partial charge >= 0.3 is 12.5 Å². The zero-order valence-electron chi connectivity index (χ0n) is 19.0. The van der Waals surface area contributed by atoms with Crippen LogP contribution in [0.3, 0.4) is 0 Å². The molecule has 0 saturated heterocycles. The minimum atomic E-state index is -5.20. The van der Waals surface area contributed by atoms with Crippen molar-refractivity contribution in [2.24, 2.45) is 5.92 Å². The lowest BCUT2D eigenvalue weighted by Crippen LogP contribution is -2.26. The van der Waals surface area contributed by atoms with Crippen molar-refractivity contribution in [1.82, 2.24) is 0 Å². The molecule has 1 fully saturated rings. The van der Waals surface area contributed by atoms with Gasteiger partial charge in [0, 0.05) is 6.07 Å². The molecule has 0 amide bonds. The van der Waals surface area contributed by atoms with E-state index in [4.69, 9.17) is 0 Å². The van der Waals surface area contributed by atoms with E-state index in [9.17, 15) is 35.1 Å². The number of unbranched alkanes of at least 4 members (excludes halogenated alkanes) is 2. The lowest BCUT2D eigenvalue weighted by atomic mass is 9.77. The van der Waals surface area contributed by atoms with Crippen molar-refractivity contribution in [2.75, 3.05) is 0 Å². The maximum atomic E-state index is 14.7. The Morgan fingerprint density at radius 3 is 1.97 bits per heavy atom. The third-order valence-electron chi connectivity index (χ3n) is 6.26. The molecular formula is C25H26F8O2. The Kier molecular flexibility index (Phi) is 8.54. The highest BCUT2D eigenvalue weighted by Crippen LogP contribution is 2.41. The normalized spacial score (nSPS) is 19.0. The van der Waals surface area contributed by atoms with Crippen LogP contribution in [0.5, 0.6) is 11.5 Å². The SMILES string of the molecule is CCCCCC1CCC(c2cc(F)c(C(F)(F)Oc3ccc(OC(F)(F)F)c(F)c3)c(F)c2)CC1. The molecule has 10 heteroatoms. The Balaban J connectivity index is 1.71. The molecule has 0 aromatic heterocycles. The minimum absolute atomic E-state index is 0.153. The fourth-order valence-electron chi connectivity index (χ4n) is 4.53. The Morgan fingerprint density at radius 1 is 0.800 bits per heavy atom. The van der Waals surface area contributed by atoms with Crippen LogP contribution >= 0.6 is 0 Å². The molecule has 0 atom stereocenters. The first-order valence-electron chi connectivity index (χ1n) is 11.5. The number of ether oxygens (including phenoxy) is 2. The van der Waals surface area contributed by atoms with Crippen LogP contribution in [-0.4, -0.2) is 6.36 Å². The van der Waals surface area contributed by atoms with Crippen LogP contribution in [0, 0.1) is 23.4 Å². The van der Waals surface area contributed by atoms with Crippen LogP contribution in [-0.2, 0) is 6.11 Å². The van der Waals surface area contributed by atoms with Crippen LogP contribution < -0.4 is 9.47 Å². The largest absolute Gasteiger partial charge is 0.573 e. The van der Waals surface area contributed by atoms with Crippen LogP contribution in [0.25, 0.3) is 0 Å². The van der Waals surface area contributed by atoms with E-state index in [0.717, 1.165) is 50.7 Å². The summed E-state index contributed by atoms with van der Waals surface area (Å²) >= 11 is 0. The zero-order chi connectivity index (χ0) is 25.8. The third-order valence-corrected chi connectivity index (χ3v) is 6.26. The van der Waals surface area contributed by atoms with Crippen molar-refractivity contribution in [3.63, 3.8) is 0 Å². The molecule has 1 saturated carbocycles. The van der Waals surface area contributed by atoms with E-state index in [1.807, 2.05) is 0 Å². The van der Waals surface area contributed by atoms with Gasteiger partial charge in [-0.15, -0.1) is 13.2 Å². The van der Waals surface area contributed by atoms with Crippen molar-refractivity contribution >= 4 is 0 Å². The lowest BCUT2D eigenvalue weighted by molar-refractivity contribution is -0.275. The smallest absolute Gasteiger partial charge is 0.429 e. The molecule has 2 nitrogen and oxygen atoms in total. The summed E-state index contributed by atoms with van der Waals surface area (Å²) < 4.78 is 117. The van der Waals surface area contributed by atoms with E-state index in [2.05, 4.69) is 16.4 Å². The first-order chi connectivity index (χ1) is 16.4. The van der Waals surface area contributed by atoms with Gasteiger partial charge in [-0.05, 0) is 67.3 Å². The molecule has 0 N–H and O–H groups in total. The Morgan fingerprint density at radius 2 is 1.43 bits per heavy atom. The number of alkyl halides is 5. The van der Waals surface area contributed by atoms with E-state index < -0.39 is 47.0 Å². The number of benzene rings is 2. The topological polar surface area (TPSA) is 18.5 Å². The number of rotatable bonds is 9. The van der Waals surface area contributed by atoms with Crippen LogP contribution in [0.15, 0.2) is 30.3 Å². The zero-order valence-corrected chi connectivity index (χ0v) is 19.0. The number of hydrogen-bond donors (Lipinski definition) is 0. The average molecular weight is 510 g/mol. The molecule has 1 aliphatic carbocycles. The van der Waals surface area contributed by atoms with Gasteiger partial charge in [0.1, 0.15) is 22.9 Å². The first kappa shape index (κ1) is 27.1.